The number of aryl methyl sites for hydroxylation is 1. The molecule has 0 aliphatic rings. The Morgan fingerprint density at radius 1 is 1.35 bits per heavy atom. The van der Waals surface area contributed by atoms with Crippen molar-refractivity contribution in [3.05, 3.63) is 18.0 Å². The van der Waals surface area contributed by atoms with E-state index < -0.39 is 0 Å². The zero-order chi connectivity index (χ0) is 16.5. The number of hydrogen-bond donors (Lipinski definition) is 1. The smallest absolute Gasteiger partial charge is 0.242 e. The van der Waals surface area contributed by atoms with Gasteiger partial charge in [-0.05, 0) is 20.8 Å². The van der Waals surface area contributed by atoms with Gasteiger partial charge in [0, 0.05) is 45.5 Å². The normalized spacial score (nSPS) is 10.9. The maximum atomic E-state index is 12.2. The minimum Gasteiger partial charge on any atom is -0.357 e. The molecule has 0 aliphatic heterocycles. The number of halogens is 1. The molecule has 23 heavy (non-hydrogen) atoms. The van der Waals surface area contributed by atoms with Crippen LogP contribution in [0.3, 0.4) is 0 Å². The predicted molar refractivity (Wildman–Crippen MR) is 104 cm³/mol. The Morgan fingerprint density at radius 2 is 2.00 bits per heavy atom. The van der Waals surface area contributed by atoms with E-state index in [2.05, 4.69) is 15.4 Å². The molecule has 7 nitrogen and oxygen atoms in total. The third-order valence-electron chi connectivity index (χ3n) is 3.35. The van der Waals surface area contributed by atoms with Gasteiger partial charge < -0.3 is 15.1 Å². The maximum absolute atomic E-state index is 12.2. The molecular formula is C15H29IN6O. The number of aliphatic imine (C=N–C) groups is 1. The molecule has 0 unspecified atom stereocenters. The number of guanidine groups is 1. The second-order valence-corrected chi connectivity index (χ2v) is 5.11. The Hall–Kier alpha value is -1.32. The summed E-state index contributed by atoms with van der Waals surface area (Å²) in [6.45, 7) is 9.07. The van der Waals surface area contributed by atoms with Crippen LogP contribution in [-0.2, 0) is 18.4 Å². The zero-order valence-corrected chi connectivity index (χ0v) is 17.1. The molecule has 0 fully saturated rings. The summed E-state index contributed by atoms with van der Waals surface area (Å²) in [5.74, 6) is 0.839. The van der Waals surface area contributed by atoms with E-state index in [1.54, 1.807) is 10.9 Å². The molecule has 0 aliphatic carbocycles. The highest BCUT2D eigenvalue weighted by atomic mass is 127. The average molecular weight is 436 g/mol. The van der Waals surface area contributed by atoms with Crippen molar-refractivity contribution in [1.82, 2.24) is 24.9 Å². The number of carbonyl (C=O) groups excluding carboxylic acids is 1. The maximum Gasteiger partial charge on any atom is 0.242 e. The third-order valence-corrected chi connectivity index (χ3v) is 3.35. The lowest BCUT2D eigenvalue weighted by Gasteiger charge is -2.25. The minimum absolute atomic E-state index is 0. The van der Waals surface area contributed by atoms with E-state index in [4.69, 9.17) is 0 Å². The highest BCUT2D eigenvalue weighted by Gasteiger charge is 2.14. The van der Waals surface area contributed by atoms with E-state index in [0.29, 0.717) is 13.1 Å². The molecule has 1 rings (SSSR count). The number of nitrogens with one attached hydrogen (secondary N) is 1. The first kappa shape index (κ1) is 21.7. The average Bonchev–Trinajstić information content (AvgIpc) is 2.90. The number of rotatable bonds is 7. The number of carbonyl (C=O) groups is 1. The van der Waals surface area contributed by atoms with Gasteiger partial charge in [0.15, 0.2) is 5.96 Å². The fraction of sp³-hybridized carbons (Fsp3) is 0.667. The molecule has 1 amide bonds. The van der Waals surface area contributed by atoms with E-state index in [9.17, 15) is 4.79 Å². The van der Waals surface area contributed by atoms with Crippen LogP contribution in [-0.4, -0.2) is 64.7 Å². The SMILES string of the molecule is CCNC(=NCc1cnn(C)c1)N(C)CC(=O)N(CC)CC.I. The number of aromatic nitrogens is 2. The minimum atomic E-state index is 0. The Bertz CT molecular complexity index is 498. The number of likely N-dealkylation sites (N-methyl/N-ethyl adjacent to an activating group) is 2. The van der Waals surface area contributed by atoms with Crippen LogP contribution in [0.1, 0.15) is 26.3 Å². The van der Waals surface area contributed by atoms with E-state index in [0.717, 1.165) is 31.2 Å². The fourth-order valence-corrected chi connectivity index (χ4v) is 2.14. The van der Waals surface area contributed by atoms with Crippen LogP contribution in [0.15, 0.2) is 17.4 Å². The zero-order valence-electron chi connectivity index (χ0n) is 14.7. The second-order valence-electron chi connectivity index (χ2n) is 5.11. The van der Waals surface area contributed by atoms with Crippen molar-refractivity contribution in [1.29, 1.82) is 0 Å². The monoisotopic (exact) mass is 436 g/mol. The van der Waals surface area contributed by atoms with Gasteiger partial charge in [0.2, 0.25) is 5.91 Å². The molecule has 132 valence electrons. The van der Waals surface area contributed by atoms with Crippen molar-refractivity contribution < 1.29 is 4.79 Å². The van der Waals surface area contributed by atoms with Crippen molar-refractivity contribution in [3.8, 4) is 0 Å². The van der Waals surface area contributed by atoms with Gasteiger partial charge >= 0.3 is 0 Å². The van der Waals surface area contributed by atoms with Crippen molar-refractivity contribution >= 4 is 35.8 Å². The molecule has 1 N–H and O–H groups in total. The van der Waals surface area contributed by atoms with Crippen LogP contribution in [0, 0.1) is 0 Å². The lowest BCUT2D eigenvalue weighted by Crippen LogP contribution is -2.45. The van der Waals surface area contributed by atoms with Crippen molar-refractivity contribution in [3.63, 3.8) is 0 Å². The van der Waals surface area contributed by atoms with Crippen LogP contribution >= 0.6 is 24.0 Å². The number of hydrogen-bond acceptors (Lipinski definition) is 3. The van der Waals surface area contributed by atoms with Crippen LogP contribution in [0.5, 0.6) is 0 Å². The van der Waals surface area contributed by atoms with Crippen molar-refractivity contribution in [2.24, 2.45) is 12.0 Å². The van der Waals surface area contributed by atoms with Gasteiger partial charge in [0.1, 0.15) is 0 Å². The third kappa shape index (κ3) is 7.19. The van der Waals surface area contributed by atoms with Crippen molar-refractivity contribution in [2.45, 2.75) is 27.3 Å². The molecule has 0 atom stereocenters. The molecule has 1 aromatic heterocycles. The highest BCUT2D eigenvalue weighted by Crippen LogP contribution is 2.00. The van der Waals surface area contributed by atoms with Gasteiger partial charge in [0.25, 0.3) is 0 Å². The van der Waals surface area contributed by atoms with E-state index in [1.807, 2.05) is 50.9 Å². The number of nitrogens with zero attached hydrogens (tertiary/aromatic N) is 5. The van der Waals surface area contributed by atoms with Gasteiger partial charge in [-0.25, -0.2) is 4.99 Å². The molecular weight excluding hydrogens is 407 g/mol. The molecule has 0 saturated heterocycles. The first-order valence-electron chi connectivity index (χ1n) is 7.76. The summed E-state index contributed by atoms with van der Waals surface area (Å²) >= 11 is 0. The van der Waals surface area contributed by atoms with Crippen LogP contribution in [0.4, 0.5) is 0 Å². The van der Waals surface area contributed by atoms with E-state index in [1.165, 1.54) is 0 Å². The molecule has 1 heterocycles. The summed E-state index contributed by atoms with van der Waals surface area (Å²) in [7, 11) is 3.76. The Morgan fingerprint density at radius 3 is 2.48 bits per heavy atom. The molecule has 0 saturated carbocycles. The quantitative estimate of drug-likeness (QED) is 0.398. The fourth-order valence-electron chi connectivity index (χ4n) is 2.14. The summed E-state index contributed by atoms with van der Waals surface area (Å²) in [6.07, 6.45) is 3.74. The molecule has 0 spiro atoms. The largest absolute Gasteiger partial charge is 0.357 e. The summed E-state index contributed by atoms with van der Waals surface area (Å²) in [5.41, 5.74) is 1.04. The Labute approximate surface area is 156 Å². The molecule has 0 radical (unpaired) electrons. The van der Waals surface area contributed by atoms with Gasteiger partial charge in [-0.3, -0.25) is 9.48 Å². The van der Waals surface area contributed by atoms with Gasteiger partial charge in [0.05, 0.1) is 19.3 Å². The van der Waals surface area contributed by atoms with Crippen molar-refractivity contribution in [2.75, 3.05) is 33.2 Å². The highest BCUT2D eigenvalue weighted by molar-refractivity contribution is 14.0. The lowest BCUT2D eigenvalue weighted by molar-refractivity contribution is -0.131. The summed E-state index contributed by atoms with van der Waals surface area (Å²) in [6, 6.07) is 0. The van der Waals surface area contributed by atoms with Gasteiger partial charge in [-0.1, -0.05) is 0 Å². The van der Waals surface area contributed by atoms with E-state index >= 15 is 0 Å². The Balaban J connectivity index is 0.00000484. The van der Waals surface area contributed by atoms with Gasteiger partial charge in [-0.15, -0.1) is 24.0 Å². The molecule has 0 aromatic carbocycles. The van der Waals surface area contributed by atoms with Crippen LogP contribution in [0.2, 0.25) is 0 Å². The molecule has 0 bridgehead atoms. The van der Waals surface area contributed by atoms with Crippen LogP contribution in [0.25, 0.3) is 0 Å². The Kier molecular flexibility index (Phi) is 10.6. The standard InChI is InChI=1S/C15H28N6O.HI/c1-6-16-15(17-9-13-10-18-20(5)11-13)19(4)12-14(22)21(7-2)8-3;/h10-11H,6-9,12H2,1-5H3,(H,16,17);1H. The summed E-state index contributed by atoms with van der Waals surface area (Å²) < 4.78 is 1.76. The first-order chi connectivity index (χ1) is 10.5. The molecule has 8 heteroatoms. The topological polar surface area (TPSA) is 65.8 Å². The second kappa shape index (κ2) is 11.3. The van der Waals surface area contributed by atoms with E-state index in [-0.39, 0.29) is 29.9 Å². The summed E-state index contributed by atoms with van der Waals surface area (Å²) in [5, 5.41) is 7.35. The summed E-state index contributed by atoms with van der Waals surface area (Å²) in [4.78, 5) is 20.4. The first-order valence-corrected chi connectivity index (χ1v) is 7.76. The molecule has 1 aromatic rings. The lowest BCUT2D eigenvalue weighted by atomic mass is 10.4. The van der Waals surface area contributed by atoms with Crippen LogP contribution < -0.4 is 5.32 Å². The number of amides is 1. The predicted octanol–water partition coefficient (Wildman–Crippen LogP) is 1.30. The van der Waals surface area contributed by atoms with Gasteiger partial charge in [-0.2, -0.15) is 5.10 Å².